The van der Waals surface area contributed by atoms with Gasteiger partial charge in [0.15, 0.2) is 5.75 Å². The first kappa shape index (κ1) is 20.4. The van der Waals surface area contributed by atoms with E-state index in [2.05, 4.69) is 20.5 Å². The van der Waals surface area contributed by atoms with Crippen molar-refractivity contribution in [2.75, 3.05) is 11.9 Å². The van der Waals surface area contributed by atoms with Crippen LogP contribution in [0.1, 0.15) is 23.7 Å². The fourth-order valence-electron chi connectivity index (χ4n) is 3.43. The molecule has 0 saturated heterocycles. The predicted molar refractivity (Wildman–Crippen MR) is 125 cm³/mol. The Morgan fingerprint density at radius 3 is 2.64 bits per heavy atom. The Hall–Kier alpha value is -4.46. The second-order valence-electron chi connectivity index (χ2n) is 7.36. The highest BCUT2D eigenvalue weighted by Crippen LogP contribution is 2.32. The highest BCUT2D eigenvalue weighted by atomic mass is 16.5. The van der Waals surface area contributed by atoms with Gasteiger partial charge in [0.1, 0.15) is 12.1 Å². The third-order valence-electron chi connectivity index (χ3n) is 5.03. The van der Waals surface area contributed by atoms with Gasteiger partial charge in [-0.15, -0.1) is 10.2 Å². The van der Waals surface area contributed by atoms with Gasteiger partial charge < -0.3 is 14.8 Å². The van der Waals surface area contributed by atoms with Gasteiger partial charge in [-0.3, -0.25) is 9.20 Å². The van der Waals surface area contributed by atoms with Crippen LogP contribution in [-0.4, -0.2) is 32.1 Å². The summed E-state index contributed by atoms with van der Waals surface area (Å²) in [6.07, 6.45) is 2.54. The molecule has 164 valence electrons. The third-order valence-corrected chi connectivity index (χ3v) is 5.03. The van der Waals surface area contributed by atoms with Gasteiger partial charge in [0.25, 0.3) is 11.8 Å². The minimum absolute atomic E-state index is 0.257. The van der Waals surface area contributed by atoms with Crippen molar-refractivity contribution in [1.82, 2.24) is 19.6 Å². The maximum absolute atomic E-state index is 12.8. The second-order valence-corrected chi connectivity index (χ2v) is 7.36. The van der Waals surface area contributed by atoms with Gasteiger partial charge >= 0.3 is 0 Å². The van der Waals surface area contributed by atoms with Gasteiger partial charge in [-0.2, -0.15) is 0 Å². The van der Waals surface area contributed by atoms with Crippen LogP contribution in [-0.2, 0) is 0 Å². The van der Waals surface area contributed by atoms with Gasteiger partial charge in [-0.05, 0) is 55.0 Å². The molecule has 0 saturated carbocycles. The van der Waals surface area contributed by atoms with Crippen LogP contribution < -0.4 is 14.8 Å². The number of anilines is 1. The van der Waals surface area contributed by atoms with Crippen molar-refractivity contribution in [2.24, 2.45) is 0 Å². The molecule has 8 nitrogen and oxygen atoms in total. The van der Waals surface area contributed by atoms with Crippen molar-refractivity contribution in [1.29, 1.82) is 0 Å². The second kappa shape index (κ2) is 8.96. The Labute approximate surface area is 189 Å². The van der Waals surface area contributed by atoms with Gasteiger partial charge in [-0.1, -0.05) is 31.2 Å². The van der Waals surface area contributed by atoms with Crippen LogP contribution in [0.3, 0.4) is 0 Å². The number of hydrogen-bond acceptors (Lipinski definition) is 6. The lowest BCUT2D eigenvalue weighted by Crippen LogP contribution is -2.12. The molecule has 0 atom stereocenters. The molecule has 0 bridgehead atoms. The van der Waals surface area contributed by atoms with E-state index in [0.29, 0.717) is 35.1 Å². The number of ether oxygens (including phenoxy) is 2. The fourth-order valence-corrected chi connectivity index (χ4v) is 3.43. The summed E-state index contributed by atoms with van der Waals surface area (Å²) in [5.74, 6) is 1.22. The average molecular weight is 439 g/mol. The van der Waals surface area contributed by atoms with Crippen LogP contribution in [0.4, 0.5) is 5.69 Å². The molecule has 0 aliphatic carbocycles. The molecule has 3 aromatic carbocycles. The lowest BCUT2D eigenvalue weighted by Gasteiger charge is -2.13. The molecule has 5 aromatic rings. The third kappa shape index (κ3) is 4.18. The number of amides is 1. The Kier molecular flexibility index (Phi) is 5.55. The molecule has 2 heterocycles. The van der Waals surface area contributed by atoms with Crippen molar-refractivity contribution < 1.29 is 14.3 Å². The molecule has 2 aromatic heterocycles. The molecule has 0 fully saturated rings. The summed E-state index contributed by atoms with van der Waals surface area (Å²) in [4.78, 5) is 17.5. The average Bonchev–Trinajstić information content (AvgIpc) is 3.35. The van der Waals surface area contributed by atoms with E-state index in [4.69, 9.17) is 9.47 Å². The van der Waals surface area contributed by atoms with E-state index < -0.39 is 0 Å². The molecule has 0 spiro atoms. The van der Waals surface area contributed by atoms with Crippen LogP contribution in [0, 0.1) is 0 Å². The number of aromatic nitrogens is 4. The number of fused-ring (bicyclic) bond motifs is 3. The zero-order valence-electron chi connectivity index (χ0n) is 17.9. The summed E-state index contributed by atoms with van der Waals surface area (Å²) in [5.41, 5.74) is 3.13. The Morgan fingerprint density at radius 2 is 1.79 bits per heavy atom. The number of rotatable bonds is 7. The fraction of sp³-hybridized carbons (Fsp3) is 0.120. The summed E-state index contributed by atoms with van der Waals surface area (Å²) in [6, 6.07) is 21.9. The smallest absolute Gasteiger partial charge is 0.266 e. The van der Waals surface area contributed by atoms with Crippen molar-refractivity contribution in [3.8, 4) is 17.4 Å². The molecule has 8 heteroatoms. The van der Waals surface area contributed by atoms with Crippen LogP contribution >= 0.6 is 0 Å². The normalized spacial score (nSPS) is 10.9. The topological polar surface area (TPSA) is 90.6 Å². The summed E-state index contributed by atoms with van der Waals surface area (Å²) in [7, 11) is 0. The SMILES string of the molecule is CCCOc1ccc(C(=O)Nc2ccccc2Oc2nc3ccccc3n3cnnc23)cc1. The molecule has 0 aliphatic heterocycles. The highest BCUT2D eigenvalue weighted by Gasteiger charge is 2.15. The van der Waals surface area contributed by atoms with Gasteiger partial charge in [0.05, 0.1) is 23.3 Å². The monoisotopic (exact) mass is 439 g/mol. The zero-order chi connectivity index (χ0) is 22.6. The van der Waals surface area contributed by atoms with E-state index in [0.717, 1.165) is 23.2 Å². The Bertz CT molecular complexity index is 1430. The van der Waals surface area contributed by atoms with Crippen molar-refractivity contribution in [3.63, 3.8) is 0 Å². The summed E-state index contributed by atoms with van der Waals surface area (Å²) in [6.45, 7) is 2.68. The maximum Gasteiger partial charge on any atom is 0.266 e. The van der Waals surface area contributed by atoms with Gasteiger partial charge in [0.2, 0.25) is 5.65 Å². The standard InChI is InChI=1S/C25H21N5O3/c1-2-15-32-18-13-11-17(12-14-18)24(31)27-20-8-4-6-10-22(20)33-25-23-29-26-16-30(23)21-9-5-3-7-19(21)28-25/h3-14,16H,2,15H2,1H3,(H,27,31). The van der Waals surface area contributed by atoms with E-state index in [-0.39, 0.29) is 5.91 Å². The lowest BCUT2D eigenvalue weighted by molar-refractivity contribution is 0.102. The van der Waals surface area contributed by atoms with E-state index in [1.54, 1.807) is 42.7 Å². The zero-order valence-corrected chi connectivity index (χ0v) is 17.9. The molecule has 5 rings (SSSR count). The molecular formula is C25H21N5O3. The number of carbonyl (C=O) groups is 1. The molecule has 1 amide bonds. The largest absolute Gasteiger partial charge is 0.494 e. The number of nitrogens with zero attached hydrogens (tertiary/aromatic N) is 4. The van der Waals surface area contributed by atoms with Crippen LogP contribution in [0.25, 0.3) is 16.7 Å². The minimum atomic E-state index is -0.257. The molecule has 0 radical (unpaired) electrons. The number of nitrogens with one attached hydrogen (secondary N) is 1. The summed E-state index contributed by atoms with van der Waals surface area (Å²) < 4.78 is 13.5. The molecule has 33 heavy (non-hydrogen) atoms. The maximum atomic E-state index is 12.8. The summed E-state index contributed by atoms with van der Waals surface area (Å²) >= 11 is 0. The highest BCUT2D eigenvalue weighted by molar-refractivity contribution is 6.05. The Morgan fingerprint density at radius 1 is 1.00 bits per heavy atom. The van der Waals surface area contributed by atoms with E-state index in [9.17, 15) is 4.79 Å². The molecule has 0 aliphatic rings. The quantitative estimate of drug-likeness (QED) is 0.379. The minimum Gasteiger partial charge on any atom is -0.494 e. The van der Waals surface area contributed by atoms with Crippen molar-refractivity contribution in [2.45, 2.75) is 13.3 Å². The molecule has 1 N–H and O–H groups in total. The van der Waals surface area contributed by atoms with Crippen molar-refractivity contribution >= 4 is 28.3 Å². The first-order valence-corrected chi connectivity index (χ1v) is 10.6. The number of para-hydroxylation sites is 4. The van der Waals surface area contributed by atoms with E-state index in [1.807, 2.05) is 47.7 Å². The first-order chi connectivity index (χ1) is 16.2. The van der Waals surface area contributed by atoms with Gasteiger partial charge in [-0.25, -0.2) is 4.98 Å². The van der Waals surface area contributed by atoms with Crippen LogP contribution in [0.5, 0.6) is 17.4 Å². The van der Waals surface area contributed by atoms with Crippen LogP contribution in [0.2, 0.25) is 0 Å². The summed E-state index contributed by atoms with van der Waals surface area (Å²) in [5, 5.41) is 11.1. The van der Waals surface area contributed by atoms with E-state index >= 15 is 0 Å². The lowest BCUT2D eigenvalue weighted by atomic mass is 10.2. The molecular weight excluding hydrogens is 418 g/mol. The van der Waals surface area contributed by atoms with Gasteiger partial charge in [0, 0.05) is 5.56 Å². The number of benzene rings is 3. The molecule has 0 unspecified atom stereocenters. The van der Waals surface area contributed by atoms with E-state index in [1.165, 1.54) is 0 Å². The number of hydrogen-bond donors (Lipinski definition) is 1. The Balaban J connectivity index is 1.41. The first-order valence-electron chi connectivity index (χ1n) is 10.6. The van der Waals surface area contributed by atoms with Crippen LogP contribution in [0.15, 0.2) is 79.1 Å². The number of carbonyl (C=O) groups excluding carboxylic acids is 1. The van der Waals surface area contributed by atoms with Crippen molar-refractivity contribution in [3.05, 3.63) is 84.7 Å². The predicted octanol–water partition coefficient (Wildman–Crippen LogP) is 5.11.